The highest BCUT2D eigenvalue weighted by Crippen LogP contribution is 2.36. The van der Waals surface area contributed by atoms with E-state index in [4.69, 9.17) is 32.7 Å². The van der Waals surface area contributed by atoms with E-state index in [0.29, 0.717) is 45.7 Å². The molecule has 5 heterocycles. The number of fused-ring (bicyclic) bond motifs is 1. The van der Waals surface area contributed by atoms with Crippen molar-refractivity contribution < 1.29 is 19.1 Å². The zero-order valence-electron chi connectivity index (χ0n) is 20.4. The number of hydrogen-bond donors (Lipinski definition) is 1. The van der Waals surface area contributed by atoms with Crippen molar-refractivity contribution in [1.29, 1.82) is 0 Å². The molecule has 0 aromatic carbocycles. The van der Waals surface area contributed by atoms with Gasteiger partial charge in [-0.3, -0.25) is 19.9 Å². The molecule has 4 aromatic heterocycles. The smallest absolute Gasteiger partial charge is 0.274 e. The Morgan fingerprint density at radius 3 is 2.58 bits per heavy atom. The molecule has 0 saturated carbocycles. The van der Waals surface area contributed by atoms with E-state index in [9.17, 15) is 9.59 Å². The number of aromatic nitrogens is 4. The van der Waals surface area contributed by atoms with Crippen LogP contribution in [-0.4, -0.2) is 50.9 Å². The van der Waals surface area contributed by atoms with E-state index in [2.05, 4.69) is 25.3 Å². The maximum Gasteiger partial charge on any atom is 0.274 e. The molecule has 38 heavy (non-hydrogen) atoms. The first-order chi connectivity index (χ1) is 18.3. The quantitative estimate of drug-likeness (QED) is 0.320. The monoisotopic (exact) mass is 570 g/mol. The molecule has 10 nitrogen and oxygen atoms in total. The van der Waals surface area contributed by atoms with Gasteiger partial charge in [0.1, 0.15) is 10.9 Å². The summed E-state index contributed by atoms with van der Waals surface area (Å²) in [5.74, 6) is 0.0457. The first-order valence-electron chi connectivity index (χ1n) is 11.2. The van der Waals surface area contributed by atoms with E-state index in [0.717, 1.165) is 10.6 Å². The highest BCUT2D eigenvalue weighted by Gasteiger charge is 2.30. The molecule has 4 aromatic rings. The minimum absolute atomic E-state index is 0.112. The van der Waals surface area contributed by atoms with E-state index in [-0.39, 0.29) is 28.3 Å². The van der Waals surface area contributed by atoms with Gasteiger partial charge in [0.2, 0.25) is 5.88 Å². The number of hydrogen-bond acceptors (Lipinski definition) is 9. The molecule has 1 N–H and O–H groups in total. The maximum atomic E-state index is 13.3. The van der Waals surface area contributed by atoms with E-state index in [1.807, 2.05) is 6.92 Å². The van der Waals surface area contributed by atoms with E-state index in [1.54, 1.807) is 29.2 Å². The van der Waals surface area contributed by atoms with Gasteiger partial charge in [-0.2, -0.15) is 0 Å². The normalized spacial score (nSPS) is 12.3. The van der Waals surface area contributed by atoms with Crippen molar-refractivity contribution >= 4 is 51.5 Å². The van der Waals surface area contributed by atoms with Crippen molar-refractivity contribution in [2.24, 2.45) is 0 Å². The molecular weight excluding hydrogens is 551 g/mol. The van der Waals surface area contributed by atoms with Gasteiger partial charge < -0.3 is 14.4 Å². The summed E-state index contributed by atoms with van der Waals surface area (Å²) in [6.45, 7) is 2.41. The summed E-state index contributed by atoms with van der Waals surface area (Å²) in [7, 11) is 2.99. The third-order valence-corrected chi connectivity index (χ3v) is 7.33. The zero-order valence-corrected chi connectivity index (χ0v) is 22.7. The Bertz CT molecular complexity index is 1550. The van der Waals surface area contributed by atoms with Crippen molar-refractivity contribution in [1.82, 2.24) is 24.8 Å². The van der Waals surface area contributed by atoms with Gasteiger partial charge in [0.15, 0.2) is 10.8 Å². The fourth-order valence-electron chi connectivity index (χ4n) is 3.99. The Balaban J connectivity index is 1.35. The first-order valence-corrected chi connectivity index (χ1v) is 12.8. The highest BCUT2D eigenvalue weighted by molar-refractivity contribution is 7.16. The van der Waals surface area contributed by atoms with Crippen LogP contribution in [0.5, 0.6) is 11.6 Å². The predicted molar refractivity (Wildman–Crippen MR) is 143 cm³/mol. The number of anilines is 1. The van der Waals surface area contributed by atoms with Crippen molar-refractivity contribution in [2.75, 3.05) is 19.5 Å². The summed E-state index contributed by atoms with van der Waals surface area (Å²) in [6, 6.07) is 6.58. The number of carbonyl (C=O) groups excluding carboxylic acids is 2. The number of ether oxygens (including phenoxy) is 2. The summed E-state index contributed by atoms with van der Waals surface area (Å²) in [5, 5.41) is 3.77. The summed E-state index contributed by atoms with van der Waals surface area (Å²) in [4.78, 5) is 45.9. The summed E-state index contributed by atoms with van der Waals surface area (Å²) >= 11 is 13.6. The molecular formula is C25H20Cl2N6O4S. The van der Waals surface area contributed by atoms with Crippen molar-refractivity contribution in [3.8, 4) is 22.8 Å². The topological polar surface area (TPSA) is 119 Å². The standard InChI is InChI=1S/C25H20Cl2N6O4S/c1-12-6-13(14-7-20(27)29-9-18(14)36-2)15(8-28-12)23(34)32-25-30-17-10-33(11-19(17)38-25)24(35)22-16(26)4-5-21(31-22)37-3/h4-9H,10-11H2,1-3H3,(H,30,32,34). The lowest BCUT2D eigenvalue weighted by Crippen LogP contribution is -2.27. The van der Waals surface area contributed by atoms with Gasteiger partial charge in [-0.25, -0.2) is 15.0 Å². The lowest BCUT2D eigenvalue weighted by molar-refractivity contribution is 0.0744. The van der Waals surface area contributed by atoms with Gasteiger partial charge in [-0.05, 0) is 25.1 Å². The molecule has 194 valence electrons. The number of aryl methyl sites for hydroxylation is 1. The SMILES string of the molecule is COc1ccc(Cl)c(C(=O)N2Cc3nc(NC(=O)c4cnc(C)cc4-c4cc(Cl)ncc4OC)sc3C2)n1. The summed E-state index contributed by atoms with van der Waals surface area (Å²) in [6.07, 6.45) is 3.00. The van der Waals surface area contributed by atoms with Crippen LogP contribution in [0.4, 0.5) is 5.13 Å². The molecule has 0 aliphatic carbocycles. The van der Waals surface area contributed by atoms with Gasteiger partial charge in [0.05, 0.1) is 54.7 Å². The number of rotatable bonds is 6. The molecule has 0 radical (unpaired) electrons. The van der Waals surface area contributed by atoms with Crippen LogP contribution >= 0.6 is 34.5 Å². The van der Waals surface area contributed by atoms with Crippen LogP contribution < -0.4 is 14.8 Å². The fraction of sp³-hybridized carbons (Fsp3) is 0.200. The zero-order chi connectivity index (χ0) is 27.0. The van der Waals surface area contributed by atoms with Crippen LogP contribution in [0, 0.1) is 6.92 Å². The van der Waals surface area contributed by atoms with Crippen LogP contribution in [-0.2, 0) is 13.1 Å². The van der Waals surface area contributed by atoms with Crippen LogP contribution in [0.2, 0.25) is 10.2 Å². The maximum absolute atomic E-state index is 13.3. The molecule has 0 saturated heterocycles. The molecule has 0 fully saturated rings. The van der Waals surface area contributed by atoms with Crippen LogP contribution in [0.25, 0.3) is 11.1 Å². The summed E-state index contributed by atoms with van der Waals surface area (Å²) in [5.41, 5.74) is 3.06. The third kappa shape index (κ3) is 5.00. The Morgan fingerprint density at radius 1 is 1.03 bits per heavy atom. The van der Waals surface area contributed by atoms with E-state index in [1.165, 1.54) is 38.0 Å². The van der Waals surface area contributed by atoms with Crippen molar-refractivity contribution in [3.05, 3.63) is 74.4 Å². The van der Waals surface area contributed by atoms with Gasteiger partial charge in [0.25, 0.3) is 11.8 Å². The average Bonchev–Trinajstić information content (AvgIpc) is 3.47. The molecule has 1 aliphatic rings. The van der Waals surface area contributed by atoms with Gasteiger partial charge >= 0.3 is 0 Å². The van der Waals surface area contributed by atoms with Gasteiger partial charge in [0, 0.05) is 29.1 Å². The molecule has 1 aliphatic heterocycles. The number of carbonyl (C=O) groups is 2. The van der Waals surface area contributed by atoms with E-state index >= 15 is 0 Å². The molecule has 5 rings (SSSR count). The molecule has 13 heteroatoms. The number of amides is 2. The lowest BCUT2D eigenvalue weighted by atomic mass is 10.0. The number of pyridine rings is 3. The number of thiazole rings is 1. The summed E-state index contributed by atoms with van der Waals surface area (Å²) < 4.78 is 10.5. The minimum atomic E-state index is -0.393. The second-order valence-corrected chi connectivity index (χ2v) is 10.1. The lowest BCUT2D eigenvalue weighted by Gasteiger charge is -2.16. The number of methoxy groups -OCH3 is 2. The van der Waals surface area contributed by atoms with Crippen molar-refractivity contribution in [3.63, 3.8) is 0 Å². The van der Waals surface area contributed by atoms with E-state index < -0.39 is 5.91 Å². The second-order valence-electron chi connectivity index (χ2n) is 8.27. The van der Waals surface area contributed by atoms with Gasteiger partial charge in [-0.1, -0.05) is 34.5 Å². The van der Waals surface area contributed by atoms with Crippen LogP contribution in [0.15, 0.2) is 36.7 Å². The molecule has 0 bridgehead atoms. The predicted octanol–water partition coefficient (Wildman–Crippen LogP) is 5.04. The highest BCUT2D eigenvalue weighted by atomic mass is 35.5. The molecule has 0 unspecified atom stereocenters. The molecule has 0 spiro atoms. The molecule has 2 amide bonds. The Morgan fingerprint density at radius 2 is 1.84 bits per heavy atom. The number of nitrogens with one attached hydrogen (secondary N) is 1. The van der Waals surface area contributed by atoms with Crippen LogP contribution in [0.3, 0.4) is 0 Å². The third-order valence-electron chi connectivity index (χ3n) is 5.82. The minimum Gasteiger partial charge on any atom is -0.494 e. The molecule has 0 atom stereocenters. The van der Waals surface area contributed by atoms with Crippen molar-refractivity contribution in [2.45, 2.75) is 20.0 Å². The van der Waals surface area contributed by atoms with Gasteiger partial charge in [-0.15, -0.1) is 0 Å². The second kappa shape index (κ2) is 10.5. The Hall–Kier alpha value is -3.80. The Labute approximate surface area is 231 Å². The number of halogens is 2. The number of nitrogens with zero attached hydrogens (tertiary/aromatic N) is 5. The average molecular weight is 571 g/mol. The first kappa shape index (κ1) is 25.8. The largest absolute Gasteiger partial charge is 0.494 e. The van der Waals surface area contributed by atoms with Crippen LogP contribution in [0.1, 0.15) is 37.1 Å². The fourth-order valence-corrected chi connectivity index (χ4v) is 5.32. The Kier molecular flexibility index (Phi) is 7.15.